The van der Waals surface area contributed by atoms with Crippen LogP contribution in [0, 0.1) is 18.3 Å². The molecule has 1 unspecified atom stereocenters. The Bertz CT molecular complexity index is 425. The molecule has 1 fully saturated rings. The predicted molar refractivity (Wildman–Crippen MR) is 80.8 cm³/mol. The van der Waals surface area contributed by atoms with Gasteiger partial charge in [-0.2, -0.15) is 0 Å². The molecule has 0 heterocycles. The Kier molecular flexibility index (Phi) is 4.51. The fraction of sp³-hybridized carbons (Fsp3) is 0.647. The Labute approximate surface area is 117 Å². The van der Waals surface area contributed by atoms with Crippen LogP contribution in [0.1, 0.15) is 37.8 Å². The van der Waals surface area contributed by atoms with Gasteiger partial charge in [-0.1, -0.05) is 31.5 Å². The Balaban J connectivity index is 2.18. The van der Waals surface area contributed by atoms with Crippen LogP contribution in [-0.4, -0.2) is 20.2 Å². The molecule has 0 amide bonds. The molecule has 106 valence electrons. The van der Waals surface area contributed by atoms with E-state index < -0.39 is 0 Å². The Hall–Kier alpha value is -1.02. The lowest BCUT2D eigenvalue weighted by atomic mass is 9.78. The van der Waals surface area contributed by atoms with Gasteiger partial charge in [0.05, 0.1) is 7.11 Å². The summed E-state index contributed by atoms with van der Waals surface area (Å²) >= 11 is 0. The molecule has 0 saturated heterocycles. The number of benzene rings is 1. The summed E-state index contributed by atoms with van der Waals surface area (Å²) in [6, 6.07) is 6.51. The molecule has 1 aliphatic rings. The fourth-order valence-electron chi connectivity index (χ4n) is 3.02. The van der Waals surface area contributed by atoms with Crippen molar-refractivity contribution < 1.29 is 4.74 Å². The molecule has 0 radical (unpaired) electrons. The first-order valence-corrected chi connectivity index (χ1v) is 7.43. The molecule has 1 N–H and O–H groups in total. The summed E-state index contributed by atoms with van der Waals surface area (Å²) in [6.45, 7) is 8.91. The van der Waals surface area contributed by atoms with E-state index in [-0.39, 0.29) is 0 Å². The van der Waals surface area contributed by atoms with Crippen molar-refractivity contribution in [2.24, 2.45) is 11.3 Å². The Morgan fingerprint density at radius 1 is 1.37 bits per heavy atom. The first-order chi connectivity index (χ1) is 9.09. The van der Waals surface area contributed by atoms with Crippen LogP contribution in [0.4, 0.5) is 0 Å². The van der Waals surface area contributed by atoms with Gasteiger partial charge < -0.3 is 10.1 Å². The van der Waals surface area contributed by atoms with Crippen molar-refractivity contribution in [3.63, 3.8) is 0 Å². The van der Waals surface area contributed by atoms with Crippen LogP contribution in [0.15, 0.2) is 18.2 Å². The van der Waals surface area contributed by atoms with Crippen LogP contribution in [0.2, 0.25) is 0 Å². The van der Waals surface area contributed by atoms with Crippen LogP contribution >= 0.6 is 0 Å². The number of ether oxygens (including phenoxy) is 1. The van der Waals surface area contributed by atoms with Gasteiger partial charge in [0.2, 0.25) is 0 Å². The standard InChI is InChI=1S/C17H27NO/c1-5-18-12-17(3,15-7-8-15)11-14-10-13(2)6-9-16(14)19-4/h6,9-10,15,18H,5,7-8,11-12H2,1-4H3. The smallest absolute Gasteiger partial charge is 0.122 e. The zero-order valence-electron chi connectivity index (χ0n) is 12.8. The maximum Gasteiger partial charge on any atom is 0.122 e. The maximum absolute atomic E-state index is 5.53. The van der Waals surface area contributed by atoms with Gasteiger partial charge in [0.1, 0.15) is 5.75 Å². The monoisotopic (exact) mass is 261 g/mol. The SMILES string of the molecule is CCNCC(C)(Cc1cc(C)ccc1OC)C1CC1. The van der Waals surface area contributed by atoms with Crippen molar-refractivity contribution in [1.29, 1.82) is 0 Å². The minimum Gasteiger partial charge on any atom is -0.496 e. The molecule has 1 aromatic rings. The zero-order chi connectivity index (χ0) is 13.9. The lowest BCUT2D eigenvalue weighted by Gasteiger charge is -2.31. The van der Waals surface area contributed by atoms with Gasteiger partial charge >= 0.3 is 0 Å². The molecule has 2 rings (SSSR count). The Morgan fingerprint density at radius 2 is 2.11 bits per heavy atom. The van der Waals surface area contributed by atoms with Gasteiger partial charge in [0.15, 0.2) is 0 Å². The number of rotatable bonds is 7. The van der Waals surface area contributed by atoms with Crippen LogP contribution in [0.3, 0.4) is 0 Å². The largest absolute Gasteiger partial charge is 0.496 e. The normalized spacial score (nSPS) is 18.1. The molecule has 1 atom stereocenters. The van der Waals surface area contributed by atoms with E-state index in [0.717, 1.165) is 31.2 Å². The van der Waals surface area contributed by atoms with Crippen molar-refractivity contribution in [1.82, 2.24) is 5.32 Å². The summed E-state index contributed by atoms with van der Waals surface area (Å²) in [7, 11) is 1.77. The van der Waals surface area contributed by atoms with Crippen LogP contribution < -0.4 is 10.1 Å². The van der Waals surface area contributed by atoms with E-state index in [1.54, 1.807) is 7.11 Å². The van der Waals surface area contributed by atoms with Gasteiger partial charge in [-0.3, -0.25) is 0 Å². The molecule has 19 heavy (non-hydrogen) atoms. The lowest BCUT2D eigenvalue weighted by Crippen LogP contribution is -2.35. The minimum atomic E-state index is 0.358. The maximum atomic E-state index is 5.53. The average molecular weight is 261 g/mol. The first-order valence-electron chi connectivity index (χ1n) is 7.43. The van der Waals surface area contributed by atoms with Crippen molar-refractivity contribution in [3.05, 3.63) is 29.3 Å². The highest BCUT2D eigenvalue weighted by Gasteiger charge is 2.41. The number of hydrogen-bond donors (Lipinski definition) is 1. The summed E-state index contributed by atoms with van der Waals surface area (Å²) < 4.78 is 5.53. The van der Waals surface area contributed by atoms with Crippen molar-refractivity contribution in [2.75, 3.05) is 20.2 Å². The average Bonchev–Trinajstić information content (AvgIpc) is 3.21. The van der Waals surface area contributed by atoms with Crippen LogP contribution in [0.25, 0.3) is 0 Å². The third kappa shape index (κ3) is 3.50. The van der Waals surface area contributed by atoms with E-state index in [4.69, 9.17) is 4.74 Å². The summed E-state index contributed by atoms with van der Waals surface area (Å²) in [6.07, 6.45) is 3.88. The number of nitrogens with one attached hydrogen (secondary N) is 1. The molecular weight excluding hydrogens is 234 g/mol. The van der Waals surface area contributed by atoms with E-state index in [0.29, 0.717) is 5.41 Å². The summed E-state index contributed by atoms with van der Waals surface area (Å²) in [5, 5.41) is 3.54. The molecule has 0 aliphatic heterocycles. The molecule has 2 nitrogen and oxygen atoms in total. The van der Waals surface area contributed by atoms with Gasteiger partial charge in [-0.15, -0.1) is 0 Å². The summed E-state index contributed by atoms with van der Waals surface area (Å²) in [5.74, 6) is 1.91. The van der Waals surface area contributed by atoms with E-state index in [9.17, 15) is 0 Å². The third-order valence-corrected chi connectivity index (χ3v) is 4.37. The second-order valence-electron chi connectivity index (χ2n) is 6.20. The quantitative estimate of drug-likeness (QED) is 0.810. The lowest BCUT2D eigenvalue weighted by molar-refractivity contribution is 0.254. The number of aryl methyl sites for hydroxylation is 1. The predicted octanol–water partition coefficient (Wildman–Crippen LogP) is 3.57. The van der Waals surface area contributed by atoms with Crippen molar-refractivity contribution >= 4 is 0 Å². The third-order valence-electron chi connectivity index (χ3n) is 4.37. The van der Waals surface area contributed by atoms with Crippen LogP contribution in [-0.2, 0) is 6.42 Å². The highest BCUT2D eigenvalue weighted by molar-refractivity contribution is 5.37. The topological polar surface area (TPSA) is 21.3 Å². The molecule has 1 aliphatic carbocycles. The zero-order valence-corrected chi connectivity index (χ0v) is 12.8. The first kappa shape index (κ1) is 14.4. The molecule has 1 saturated carbocycles. The second-order valence-corrected chi connectivity index (χ2v) is 6.20. The van der Waals surface area contributed by atoms with Gasteiger partial charge in [-0.05, 0) is 55.7 Å². The number of hydrogen-bond acceptors (Lipinski definition) is 2. The van der Waals surface area contributed by atoms with Crippen molar-refractivity contribution in [3.8, 4) is 5.75 Å². The second kappa shape index (κ2) is 5.96. The van der Waals surface area contributed by atoms with Gasteiger partial charge in [0.25, 0.3) is 0 Å². The van der Waals surface area contributed by atoms with Crippen molar-refractivity contribution in [2.45, 2.75) is 40.0 Å². The Morgan fingerprint density at radius 3 is 2.68 bits per heavy atom. The molecular formula is C17H27NO. The molecule has 0 bridgehead atoms. The summed E-state index contributed by atoms with van der Waals surface area (Å²) in [4.78, 5) is 0. The molecule has 1 aromatic carbocycles. The minimum absolute atomic E-state index is 0.358. The highest BCUT2D eigenvalue weighted by Crippen LogP contribution is 2.47. The van der Waals surface area contributed by atoms with Gasteiger partial charge in [0, 0.05) is 6.54 Å². The molecule has 0 spiro atoms. The number of methoxy groups -OCH3 is 1. The van der Waals surface area contributed by atoms with E-state index in [1.165, 1.54) is 24.0 Å². The molecule has 0 aromatic heterocycles. The van der Waals surface area contributed by atoms with E-state index in [2.05, 4.69) is 44.3 Å². The van der Waals surface area contributed by atoms with E-state index in [1.807, 2.05) is 0 Å². The fourth-order valence-corrected chi connectivity index (χ4v) is 3.02. The highest BCUT2D eigenvalue weighted by atomic mass is 16.5. The van der Waals surface area contributed by atoms with Gasteiger partial charge in [-0.25, -0.2) is 0 Å². The van der Waals surface area contributed by atoms with Crippen LogP contribution in [0.5, 0.6) is 5.75 Å². The summed E-state index contributed by atoms with van der Waals surface area (Å²) in [5.41, 5.74) is 3.03. The van der Waals surface area contributed by atoms with E-state index >= 15 is 0 Å². The molecule has 2 heteroatoms.